The Kier molecular flexibility index (Phi) is 4.61. The van der Waals surface area contributed by atoms with Crippen LogP contribution in [0.15, 0.2) is 54.6 Å². The first-order chi connectivity index (χ1) is 9.28. The van der Waals surface area contributed by atoms with Gasteiger partial charge in [0.15, 0.2) is 0 Å². The molecule has 0 saturated heterocycles. The number of para-hydroxylation sites is 1. The summed E-state index contributed by atoms with van der Waals surface area (Å²) in [5.41, 5.74) is 9.89. The van der Waals surface area contributed by atoms with Crippen molar-refractivity contribution in [2.75, 3.05) is 0 Å². The Balaban J connectivity index is 0.00000147. The number of hydrogen-bond donors (Lipinski definition) is 1. The first kappa shape index (κ1) is 14.8. The lowest BCUT2D eigenvalue weighted by atomic mass is 10.0. The highest BCUT2D eigenvalue weighted by Gasteiger charge is 2.06. The molecule has 102 valence electrons. The van der Waals surface area contributed by atoms with Gasteiger partial charge in [0, 0.05) is 22.5 Å². The Morgan fingerprint density at radius 1 is 1.00 bits per heavy atom. The van der Waals surface area contributed by atoms with Crippen LogP contribution < -0.4 is 5.73 Å². The lowest BCUT2D eigenvalue weighted by Gasteiger charge is -2.08. The predicted molar refractivity (Wildman–Crippen MR) is 87.3 cm³/mol. The van der Waals surface area contributed by atoms with Crippen molar-refractivity contribution in [1.29, 1.82) is 0 Å². The SMILES string of the molecule is Cl.NCc1cc(-c2ccc(Cl)cc2)nc2ccccc12. The number of pyridine rings is 1. The molecule has 2 aromatic carbocycles. The fourth-order valence-electron chi connectivity index (χ4n) is 2.18. The lowest BCUT2D eigenvalue weighted by molar-refractivity contribution is 1.08. The van der Waals surface area contributed by atoms with E-state index in [0.717, 1.165) is 32.7 Å². The Hall–Kier alpha value is -1.61. The molecule has 3 aromatic rings. The maximum atomic E-state index is 5.91. The van der Waals surface area contributed by atoms with Crippen molar-refractivity contribution in [1.82, 2.24) is 4.98 Å². The van der Waals surface area contributed by atoms with E-state index in [1.165, 1.54) is 0 Å². The molecule has 1 aromatic heterocycles. The van der Waals surface area contributed by atoms with Crippen molar-refractivity contribution < 1.29 is 0 Å². The second kappa shape index (κ2) is 6.23. The summed E-state index contributed by atoms with van der Waals surface area (Å²) in [5.74, 6) is 0. The van der Waals surface area contributed by atoms with Gasteiger partial charge in [-0.1, -0.05) is 41.9 Å². The van der Waals surface area contributed by atoms with Gasteiger partial charge in [-0.3, -0.25) is 0 Å². The summed E-state index contributed by atoms with van der Waals surface area (Å²) in [7, 11) is 0. The summed E-state index contributed by atoms with van der Waals surface area (Å²) in [5, 5.41) is 1.84. The highest BCUT2D eigenvalue weighted by atomic mass is 35.5. The van der Waals surface area contributed by atoms with Crippen molar-refractivity contribution in [2.24, 2.45) is 5.73 Å². The van der Waals surface area contributed by atoms with Gasteiger partial charge in [0.1, 0.15) is 0 Å². The highest BCUT2D eigenvalue weighted by molar-refractivity contribution is 6.30. The maximum absolute atomic E-state index is 5.91. The number of aromatic nitrogens is 1. The number of fused-ring (bicyclic) bond motifs is 1. The summed E-state index contributed by atoms with van der Waals surface area (Å²) in [4.78, 5) is 4.69. The number of nitrogens with zero attached hydrogens (tertiary/aromatic N) is 1. The molecular formula is C16H14Cl2N2. The van der Waals surface area contributed by atoms with Gasteiger partial charge in [0.25, 0.3) is 0 Å². The molecule has 20 heavy (non-hydrogen) atoms. The number of rotatable bonds is 2. The zero-order chi connectivity index (χ0) is 13.2. The van der Waals surface area contributed by atoms with Crippen LogP contribution in [0.25, 0.3) is 22.2 Å². The van der Waals surface area contributed by atoms with Gasteiger partial charge in [-0.2, -0.15) is 0 Å². The second-order valence-corrected chi connectivity index (χ2v) is 4.83. The van der Waals surface area contributed by atoms with Crippen LogP contribution in [0.2, 0.25) is 5.02 Å². The molecule has 2 N–H and O–H groups in total. The number of halogens is 2. The number of nitrogens with two attached hydrogens (primary N) is 1. The third kappa shape index (κ3) is 2.78. The van der Waals surface area contributed by atoms with Crippen LogP contribution in [0.1, 0.15) is 5.56 Å². The molecule has 2 nitrogen and oxygen atoms in total. The molecule has 3 rings (SSSR count). The minimum absolute atomic E-state index is 0. The molecule has 0 spiro atoms. The van der Waals surface area contributed by atoms with Crippen LogP contribution in [-0.4, -0.2) is 4.98 Å². The van der Waals surface area contributed by atoms with Crippen LogP contribution in [0, 0.1) is 0 Å². The lowest BCUT2D eigenvalue weighted by Crippen LogP contribution is -1.99. The minimum atomic E-state index is 0. The van der Waals surface area contributed by atoms with Crippen LogP contribution in [-0.2, 0) is 6.54 Å². The normalized spacial score (nSPS) is 10.3. The van der Waals surface area contributed by atoms with E-state index in [-0.39, 0.29) is 12.4 Å². The monoisotopic (exact) mass is 304 g/mol. The van der Waals surface area contributed by atoms with Crippen LogP contribution in [0.4, 0.5) is 0 Å². The van der Waals surface area contributed by atoms with E-state index < -0.39 is 0 Å². The van der Waals surface area contributed by atoms with Gasteiger partial charge in [-0.05, 0) is 29.8 Å². The summed E-state index contributed by atoms with van der Waals surface area (Å²) in [6.07, 6.45) is 0. The van der Waals surface area contributed by atoms with E-state index in [9.17, 15) is 0 Å². The largest absolute Gasteiger partial charge is 0.326 e. The quantitative estimate of drug-likeness (QED) is 0.760. The second-order valence-electron chi connectivity index (χ2n) is 4.39. The first-order valence-corrected chi connectivity index (χ1v) is 6.50. The van der Waals surface area contributed by atoms with Crippen molar-refractivity contribution in [3.8, 4) is 11.3 Å². The average Bonchev–Trinajstić information content (AvgIpc) is 2.47. The van der Waals surface area contributed by atoms with E-state index in [1.807, 2.05) is 48.5 Å². The number of benzene rings is 2. The standard InChI is InChI=1S/C16H13ClN2.ClH/c17-13-7-5-11(6-8-13)16-9-12(10-18)14-3-1-2-4-15(14)19-16;/h1-9H,10,18H2;1H. The smallest absolute Gasteiger partial charge is 0.0712 e. The molecule has 0 aliphatic heterocycles. The molecule has 0 saturated carbocycles. The Morgan fingerprint density at radius 2 is 1.70 bits per heavy atom. The zero-order valence-corrected chi connectivity index (χ0v) is 12.3. The predicted octanol–water partition coefficient (Wildman–Crippen LogP) is 4.44. The molecule has 0 radical (unpaired) electrons. The first-order valence-electron chi connectivity index (χ1n) is 6.12. The van der Waals surface area contributed by atoms with Crippen molar-refractivity contribution in [2.45, 2.75) is 6.54 Å². The zero-order valence-electron chi connectivity index (χ0n) is 10.7. The third-order valence-corrected chi connectivity index (χ3v) is 3.41. The third-order valence-electron chi connectivity index (χ3n) is 3.16. The molecule has 0 fully saturated rings. The van der Waals surface area contributed by atoms with Crippen LogP contribution in [0.3, 0.4) is 0 Å². The summed E-state index contributed by atoms with van der Waals surface area (Å²) in [6.45, 7) is 0.504. The highest BCUT2D eigenvalue weighted by Crippen LogP contribution is 2.25. The van der Waals surface area contributed by atoms with Gasteiger partial charge in [-0.15, -0.1) is 12.4 Å². The fourth-order valence-corrected chi connectivity index (χ4v) is 2.31. The van der Waals surface area contributed by atoms with Gasteiger partial charge in [0.2, 0.25) is 0 Å². The van der Waals surface area contributed by atoms with E-state index in [2.05, 4.69) is 11.1 Å². The molecule has 0 unspecified atom stereocenters. The molecule has 0 amide bonds. The molecule has 0 bridgehead atoms. The summed E-state index contributed by atoms with van der Waals surface area (Å²) in [6, 6.07) is 17.8. The molecule has 0 aliphatic rings. The van der Waals surface area contributed by atoms with Gasteiger partial charge < -0.3 is 5.73 Å². The summed E-state index contributed by atoms with van der Waals surface area (Å²) >= 11 is 5.91. The van der Waals surface area contributed by atoms with Crippen LogP contribution in [0.5, 0.6) is 0 Å². The fraction of sp³-hybridized carbons (Fsp3) is 0.0625. The van der Waals surface area contributed by atoms with Crippen molar-refractivity contribution in [3.05, 3.63) is 65.2 Å². The van der Waals surface area contributed by atoms with Gasteiger partial charge >= 0.3 is 0 Å². The molecule has 4 heteroatoms. The van der Waals surface area contributed by atoms with E-state index in [0.29, 0.717) is 6.54 Å². The molecule has 0 atom stereocenters. The molecular weight excluding hydrogens is 291 g/mol. The average molecular weight is 305 g/mol. The van der Waals surface area contributed by atoms with Gasteiger partial charge in [-0.25, -0.2) is 4.98 Å². The van der Waals surface area contributed by atoms with Gasteiger partial charge in [0.05, 0.1) is 11.2 Å². The number of hydrogen-bond acceptors (Lipinski definition) is 2. The van der Waals surface area contributed by atoms with E-state index in [4.69, 9.17) is 17.3 Å². The van der Waals surface area contributed by atoms with E-state index >= 15 is 0 Å². The van der Waals surface area contributed by atoms with Crippen LogP contribution >= 0.6 is 24.0 Å². The minimum Gasteiger partial charge on any atom is -0.326 e. The topological polar surface area (TPSA) is 38.9 Å². The Morgan fingerprint density at radius 3 is 2.40 bits per heavy atom. The Labute approximate surface area is 129 Å². The molecule has 0 aliphatic carbocycles. The molecule has 1 heterocycles. The Bertz CT molecular complexity index is 724. The van der Waals surface area contributed by atoms with E-state index in [1.54, 1.807) is 0 Å². The summed E-state index contributed by atoms with van der Waals surface area (Å²) < 4.78 is 0. The maximum Gasteiger partial charge on any atom is 0.0712 e. The van der Waals surface area contributed by atoms with Crippen molar-refractivity contribution in [3.63, 3.8) is 0 Å². The van der Waals surface area contributed by atoms with Crippen molar-refractivity contribution >= 4 is 34.9 Å².